The van der Waals surface area contributed by atoms with Crippen LogP contribution in [-0.2, 0) is 14.3 Å². The van der Waals surface area contributed by atoms with Gasteiger partial charge in [0.2, 0.25) is 5.91 Å². The lowest BCUT2D eigenvalue weighted by Gasteiger charge is -2.32. The van der Waals surface area contributed by atoms with Crippen LogP contribution in [0, 0.1) is 11.8 Å². The molecule has 7 nitrogen and oxygen atoms in total. The molecule has 1 atom stereocenters. The minimum absolute atomic E-state index is 0.0159. The van der Waals surface area contributed by atoms with Crippen LogP contribution in [0.2, 0.25) is 0 Å². The number of amides is 2. The lowest BCUT2D eigenvalue weighted by Crippen LogP contribution is -2.44. The summed E-state index contributed by atoms with van der Waals surface area (Å²) in [6.45, 7) is 1.36. The molecule has 1 heterocycles. The van der Waals surface area contributed by atoms with E-state index < -0.39 is 18.1 Å². The van der Waals surface area contributed by atoms with Crippen LogP contribution in [0.15, 0.2) is 48.5 Å². The van der Waals surface area contributed by atoms with Gasteiger partial charge in [0.05, 0.1) is 0 Å². The Bertz CT molecular complexity index is 1060. The van der Waals surface area contributed by atoms with E-state index in [1.54, 1.807) is 4.90 Å². The number of carbonyl (C=O) groups excluding carboxylic acids is 2. The van der Waals surface area contributed by atoms with Gasteiger partial charge in [-0.15, -0.1) is 0 Å². The minimum Gasteiger partial charge on any atom is -0.480 e. The van der Waals surface area contributed by atoms with Gasteiger partial charge in [0, 0.05) is 24.9 Å². The second-order valence-electron chi connectivity index (χ2n) is 9.95. The van der Waals surface area contributed by atoms with E-state index in [1.807, 2.05) is 24.3 Å². The van der Waals surface area contributed by atoms with Crippen molar-refractivity contribution < 1.29 is 24.2 Å². The first kappa shape index (κ1) is 23.4. The van der Waals surface area contributed by atoms with Gasteiger partial charge >= 0.3 is 12.1 Å². The van der Waals surface area contributed by atoms with Crippen molar-refractivity contribution >= 4 is 18.0 Å². The van der Waals surface area contributed by atoms with Gasteiger partial charge in [0.15, 0.2) is 0 Å². The molecule has 184 valence electrons. The number of carboxylic acid groups (broad SMARTS) is 1. The van der Waals surface area contributed by atoms with E-state index in [-0.39, 0.29) is 17.7 Å². The number of nitrogens with zero attached hydrogens (tertiary/aromatic N) is 1. The Morgan fingerprint density at radius 1 is 0.914 bits per heavy atom. The fourth-order valence-corrected chi connectivity index (χ4v) is 6.01. The van der Waals surface area contributed by atoms with Gasteiger partial charge < -0.3 is 20.1 Å². The quantitative estimate of drug-likeness (QED) is 0.644. The minimum atomic E-state index is -0.906. The highest BCUT2D eigenvalue weighted by Crippen LogP contribution is 2.44. The van der Waals surface area contributed by atoms with Crippen molar-refractivity contribution in [1.82, 2.24) is 10.2 Å². The molecule has 3 aliphatic rings. The number of alkyl carbamates (subject to hydrolysis) is 1. The molecule has 2 aromatic carbocycles. The number of likely N-dealkylation sites (tertiary alicyclic amines) is 1. The van der Waals surface area contributed by atoms with E-state index in [0.29, 0.717) is 32.0 Å². The highest BCUT2D eigenvalue weighted by atomic mass is 16.5. The van der Waals surface area contributed by atoms with E-state index in [0.717, 1.165) is 32.1 Å². The molecule has 5 rings (SSSR count). The third kappa shape index (κ3) is 4.77. The number of carbonyl (C=O) groups is 3. The fourth-order valence-electron chi connectivity index (χ4n) is 6.01. The molecule has 2 N–H and O–H groups in total. The smallest absolute Gasteiger partial charge is 0.407 e. The van der Waals surface area contributed by atoms with Crippen LogP contribution in [0.4, 0.5) is 4.79 Å². The SMILES string of the molecule is O=C(NCC1CCC(C(=O)N2CCC[C@H]2C(=O)O)CC1)OCC1c2ccccc2-c2ccccc21. The van der Waals surface area contributed by atoms with Crippen LogP contribution in [0.25, 0.3) is 11.1 Å². The van der Waals surface area contributed by atoms with Gasteiger partial charge in [0.25, 0.3) is 0 Å². The van der Waals surface area contributed by atoms with Crippen LogP contribution < -0.4 is 5.32 Å². The molecular formula is C28H32N2O5. The topological polar surface area (TPSA) is 95.9 Å². The second-order valence-corrected chi connectivity index (χ2v) is 9.95. The zero-order valence-electron chi connectivity index (χ0n) is 19.8. The molecule has 1 aliphatic heterocycles. The van der Waals surface area contributed by atoms with E-state index in [1.165, 1.54) is 22.3 Å². The number of fused-ring (bicyclic) bond motifs is 3. The second kappa shape index (κ2) is 10.1. The van der Waals surface area contributed by atoms with Gasteiger partial charge in [-0.2, -0.15) is 0 Å². The number of benzene rings is 2. The standard InChI is InChI=1S/C28H32N2O5/c31-26(30-15-5-10-25(30)27(32)33)19-13-11-18(12-14-19)16-29-28(34)35-17-24-22-8-3-1-6-20(22)21-7-2-4-9-23(21)24/h1-4,6-9,18-19,24-25H,5,10-17H2,(H,29,34)(H,32,33)/t18?,19?,25-/m0/s1. The molecule has 0 bridgehead atoms. The first-order valence-electron chi connectivity index (χ1n) is 12.6. The first-order valence-corrected chi connectivity index (χ1v) is 12.6. The van der Waals surface area contributed by atoms with Gasteiger partial charge in [0.1, 0.15) is 12.6 Å². The summed E-state index contributed by atoms with van der Waals surface area (Å²) in [5.74, 6) is -0.696. The monoisotopic (exact) mass is 476 g/mol. The highest BCUT2D eigenvalue weighted by Gasteiger charge is 2.38. The summed E-state index contributed by atoms with van der Waals surface area (Å²) >= 11 is 0. The molecule has 2 fully saturated rings. The summed E-state index contributed by atoms with van der Waals surface area (Å²) in [5, 5.41) is 12.3. The molecule has 0 spiro atoms. The van der Waals surface area contributed by atoms with Crippen molar-refractivity contribution in [3.8, 4) is 11.1 Å². The highest BCUT2D eigenvalue weighted by molar-refractivity contribution is 5.85. The number of ether oxygens (including phenoxy) is 1. The predicted molar refractivity (Wildman–Crippen MR) is 131 cm³/mol. The van der Waals surface area contributed by atoms with Crippen molar-refractivity contribution in [2.24, 2.45) is 11.8 Å². The van der Waals surface area contributed by atoms with Crippen molar-refractivity contribution in [1.29, 1.82) is 0 Å². The normalized spacial score (nSPS) is 23.4. The van der Waals surface area contributed by atoms with Crippen molar-refractivity contribution in [2.45, 2.75) is 50.5 Å². The zero-order chi connectivity index (χ0) is 24.4. The predicted octanol–water partition coefficient (Wildman–Crippen LogP) is 4.41. The van der Waals surface area contributed by atoms with Gasteiger partial charge in [-0.25, -0.2) is 9.59 Å². The summed E-state index contributed by atoms with van der Waals surface area (Å²) in [4.78, 5) is 38.3. The number of rotatable bonds is 6. The molecule has 7 heteroatoms. The maximum Gasteiger partial charge on any atom is 0.407 e. The van der Waals surface area contributed by atoms with Crippen LogP contribution >= 0.6 is 0 Å². The number of aliphatic carboxylic acids is 1. The van der Waals surface area contributed by atoms with E-state index in [4.69, 9.17) is 4.74 Å². The van der Waals surface area contributed by atoms with E-state index in [9.17, 15) is 19.5 Å². The molecule has 2 aromatic rings. The molecule has 1 saturated carbocycles. The Morgan fingerprint density at radius 3 is 2.17 bits per heavy atom. The lowest BCUT2D eigenvalue weighted by atomic mass is 9.81. The molecular weight excluding hydrogens is 444 g/mol. The molecule has 0 aromatic heterocycles. The van der Waals surface area contributed by atoms with Crippen LogP contribution in [0.3, 0.4) is 0 Å². The summed E-state index contributed by atoms with van der Waals surface area (Å²) in [5.41, 5.74) is 4.78. The van der Waals surface area contributed by atoms with Crippen molar-refractivity contribution in [3.05, 3.63) is 59.7 Å². The number of carboxylic acids is 1. The summed E-state index contributed by atoms with van der Waals surface area (Å²) < 4.78 is 5.63. The molecule has 35 heavy (non-hydrogen) atoms. The Kier molecular flexibility index (Phi) is 6.75. The Labute approximate surface area is 205 Å². The number of hydrogen-bond donors (Lipinski definition) is 2. The lowest BCUT2D eigenvalue weighted by molar-refractivity contribution is -0.150. The Hall–Kier alpha value is -3.35. The van der Waals surface area contributed by atoms with Crippen LogP contribution in [-0.4, -0.2) is 53.7 Å². The molecule has 2 aliphatic carbocycles. The van der Waals surface area contributed by atoms with Crippen molar-refractivity contribution in [2.75, 3.05) is 19.7 Å². The van der Waals surface area contributed by atoms with Gasteiger partial charge in [-0.05, 0) is 66.7 Å². The first-order chi connectivity index (χ1) is 17.0. The third-order valence-electron chi connectivity index (χ3n) is 7.90. The van der Waals surface area contributed by atoms with Gasteiger partial charge in [-0.1, -0.05) is 48.5 Å². The maximum absolute atomic E-state index is 12.8. The van der Waals surface area contributed by atoms with Gasteiger partial charge in [-0.3, -0.25) is 4.79 Å². The Morgan fingerprint density at radius 2 is 1.54 bits per heavy atom. The van der Waals surface area contributed by atoms with Crippen molar-refractivity contribution in [3.63, 3.8) is 0 Å². The summed E-state index contributed by atoms with van der Waals surface area (Å²) in [7, 11) is 0. The van der Waals surface area contributed by atoms with Crippen LogP contribution in [0.5, 0.6) is 0 Å². The summed E-state index contributed by atoms with van der Waals surface area (Å²) in [6, 6.07) is 15.9. The number of nitrogens with one attached hydrogen (secondary N) is 1. The largest absolute Gasteiger partial charge is 0.480 e. The third-order valence-corrected chi connectivity index (χ3v) is 7.90. The molecule has 0 radical (unpaired) electrons. The van der Waals surface area contributed by atoms with E-state index in [2.05, 4.69) is 29.6 Å². The molecule has 1 saturated heterocycles. The molecule has 0 unspecified atom stereocenters. The van der Waals surface area contributed by atoms with E-state index >= 15 is 0 Å². The average molecular weight is 477 g/mol. The summed E-state index contributed by atoms with van der Waals surface area (Å²) in [6.07, 6.45) is 4.03. The van der Waals surface area contributed by atoms with Crippen LogP contribution in [0.1, 0.15) is 55.6 Å². The average Bonchev–Trinajstić information content (AvgIpc) is 3.50. The Balaban J connectivity index is 1.08. The fraction of sp³-hybridized carbons (Fsp3) is 0.464. The molecule has 2 amide bonds. The maximum atomic E-state index is 12.8. The zero-order valence-corrected chi connectivity index (χ0v) is 19.8. The number of hydrogen-bond acceptors (Lipinski definition) is 4.